The Balaban J connectivity index is 1.62. The fourth-order valence-corrected chi connectivity index (χ4v) is 4.43. The molecule has 1 aliphatic rings. The normalized spacial score (nSPS) is 15.6. The van der Waals surface area contributed by atoms with Crippen molar-refractivity contribution in [3.63, 3.8) is 0 Å². The quantitative estimate of drug-likeness (QED) is 0.720. The summed E-state index contributed by atoms with van der Waals surface area (Å²) in [5, 5.41) is 5.55. The van der Waals surface area contributed by atoms with Gasteiger partial charge < -0.3 is 14.4 Å². The molecule has 0 spiro atoms. The number of fused-ring (bicyclic) bond motifs is 1. The first-order valence-electron chi connectivity index (χ1n) is 9.94. The molecule has 2 atom stereocenters. The molecule has 28 heavy (non-hydrogen) atoms. The summed E-state index contributed by atoms with van der Waals surface area (Å²) in [5.74, 6) is 1.63. The molecule has 1 aromatic carbocycles. The van der Waals surface area contributed by atoms with Gasteiger partial charge in [0.05, 0.1) is 19.8 Å². The molecule has 0 radical (unpaired) electrons. The maximum atomic E-state index is 12.9. The summed E-state index contributed by atoms with van der Waals surface area (Å²) in [7, 11) is 1.65. The highest BCUT2D eigenvalue weighted by Crippen LogP contribution is 2.31. The maximum absolute atomic E-state index is 12.9. The van der Waals surface area contributed by atoms with Gasteiger partial charge in [-0.25, -0.2) is 0 Å². The molecule has 152 valence electrons. The van der Waals surface area contributed by atoms with Gasteiger partial charge in [-0.3, -0.25) is 10.1 Å². The van der Waals surface area contributed by atoms with Crippen LogP contribution in [0.2, 0.25) is 0 Å². The molecule has 0 saturated carbocycles. The van der Waals surface area contributed by atoms with Gasteiger partial charge >= 0.3 is 0 Å². The highest BCUT2D eigenvalue weighted by molar-refractivity contribution is 7.10. The molecule has 2 heterocycles. The third-order valence-corrected chi connectivity index (χ3v) is 6.16. The van der Waals surface area contributed by atoms with Crippen LogP contribution in [0.1, 0.15) is 49.2 Å². The molecule has 3 rings (SSSR count). The SMILES string of the molecule is CCCOc1ccc(C(C)NC(C)C(=O)N2CCc3sccc3C2)cc1OC. The lowest BCUT2D eigenvalue weighted by Gasteiger charge is -2.31. The van der Waals surface area contributed by atoms with Crippen LogP contribution < -0.4 is 14.8 Å². The van der Waals surface area contributed by atoms with E-state index in [9.17, 15) is 4.79 Å². The molecule has 5 nitrogen and oxygen atoms in total. The van der Waals surface area contributed by atoms with E-state index < -0.39 is 0 Å². The van der Waals surface area contributed by atoms with Crippen molar-refractivity contribution >= 4 is 17.2 Å². The van der Waals surface area contributed by atoms with Gasteiger partial charge in [-0.15, -0.1) is 11.3 Å². The third kappa shape index (κ3) is 4.67. The van der Waals surface area contributed by atoms with Crippen LogP contribution in [0.4, 0.5) is 0 Å². The number of ether oxygens (including phenoxy) is 2. The van der Waals surface area contributed by atoms with Gasteiger partial charge in [-0.05, 0) is 61.4 Å². The van der Waals surface area contributed by atoms with Crippen LogP contribution in [0.3, 0.4) is 0 Å². The zero-order valence-electron chi connectivity index (χ0n) is 17.2. The molecule has 0 bridgehead atoms. The summed E-state index contributed by atoms with van der Waals surface area (Å²) < 4.78 is 11.2. The van der Waals surface area contributed by atoms with Gasteiger partial charge in [0.2, 0.25) is 5.91 Å². The van der Waals surface area contributed by atoms with Crippen LogP contribution >= 0.6 is 11.3 Å². The van der Waals surface area contributed by atoms with E-state index >= 15 is 0 Å². The van der Waals surface area contributed by atoms with Gasteiger partial charge in [-0.2, -0.15) is 0 Å². The van der Waals surface area contributed by atoms with Crippen LogP contribution in [-0.2, 0) is 17.8 Å². The number of amides is 1. The standard InChI is InChI=1S/C22H30N2O3S/c1-5-11-27-19-7-6-17(13-20(19)26-4)15(2)23-16(3)22(25)24-10-8-21-18(14-24)9-12-28-21/h6-7,9,12-13,15-16,23H,5,8,10-11,14H2,1-4H3. The molecule has 0 fully saturated rings. The number of carbonyl (C=O) groups excluding carboxylic acids is 1. The lowest BCUT2D eigenvalue weighted by atomic mass is 10.1. The predicted octanol–water partition coefficient (Wildman–Crippen LogP) is 4.17. The molecule has 1 aliphatic heterocycles. The van der Waals surface area contributed by atoms with Gasteiger partial charge in [-0.1, -0.05) is 13.0 Å². The van der Waals surface area contributed by atoms with Gasteiger partial charge in [0.1, 0.15) is 0 Å². The van der Waals surface area contributed by atoms with E-state index in [0.29, 0.717) is 6.61 Å². The predicted molar refractivity (Wildman–Crippen MR) is 113 cm³/mol. The second kappa shape index (κ2) is 9.43. The first-order valence-corrected chi connectivity index (χ1v) is 10.8. The van der Waals surface area contributed by atoms with Crippen molar-refractivity contribution in [1.29, 1.82) is 0 Å². The molecule has 1 aromatic heterocycles. The van der Waals surface area contributed by atoms with E-state index in [0.717, 1.165) is 43.0 Å². The van der Waals surface area contributed by atoms with Crippen molar-refractivity contribution in [1.82, 2.24) is 10.2 Å². The smallest absolute Gasteiger partial charge is 0.239 e. The van der Waals surface area contributed by atoms with Crippen LogP contribution in [0, 0.1) is 0 Å². The Labute approximate surface area is 171 Å². The van der Waals surface area contributed by atoms with E-state index in [2.05, 4.69) is 30.6 Å². The topological polar surface area (TPSA) is 50.8 Å². The molecule has 2 unspecified atom stereocenters. The number of nitrogens with one attached hydrogen (secondary N) is 1. The third-order valence-electron chi connectivity index (χ3n) is 5.14. The molecular weight excluding hydrogens is 372 g/mol. The van der Waals surface area contributed by atoms with Gasteiger partial charge in [0, 0.05) is 24.0 Å². The summed E-state index contributed by atoms with van der Waals surface area (Å²) in [4.78, 5) is 16.3. The zero-order valence-corrected chi connectivity index (χ0v) is 18.0. The Hall–Kier alpha value is -2.05. The number of hydrogen-bond acceptors (Lipinski definition) is 5. The summed E-state index contributed by atoms with van der Waals surface area (Å²) in [6.07, 6.45) is 1.91. The molecule has 0 saturated heterocycles. The fourth-order valence-electron chi connectivity index (χ4n) is 3.54. The van der Waals surface area contributed by atoms with Crippen molar-refractivity contribution in [2.75, 3.05) is 20.3 Å². The van der Waals surface area contributed by atoms with Crippen molar-refractivity contribution in [2.45, 2.75) is 52.2 Å². The van der Waals surface area contributed by atoms with Crippen LogP contribution in [-0.4, -0.2) is 37.1 Å². The summed E-state index contributed by atoms with van der Waals surface area (Å²) in [6, 6.07) is 7.86. The minimum absolute atomic E-state index is 0.0228. The van der Waals surface area contributed by atoms with Crippen molar-refractivity contribution in [3.05, 3.63) is 45.6 Å². The first-order chi connectivity index (χ1) is 13.5. The number of benzene rings is 1. The van der Waals surface area contributed by atoms with Crippen molar-refractivity contribution in [3.8, 4) is 11.5 Å². The van der Waals surface area contributed by atoms with Gasteiger partial charge in [0.25, 0.3) is 0 Å². The fraction of sp³-hybridized carbons (Fsp3) is 0.500. The van der Waals surface area contributed by atoms with E-state index in [4.69, 9.17) is 9.47 Å². The first kappa shape index (κ1) is 20.7. The number of nitrogens with zero attached hydrogens (tertiary/aromatic N) is 1. The Bertz CT molecular complexity index is 805. The monoisotopic (exact) mass is 402 g/mol. The average molecular weight is 403 g/mol. The minimum atomic E-state index is -0.253. The Morgan fingerprint density at radius 2 is 2.11 bits per heavy atom. The van der Waals surface area contributed by atoms with Crippen LogP contribution in [0.15, 0.2) is 29.6 Å². The highest BCUT2D eigenvalue weighted by atomic mass is 32.1. The van der Waals surface area contributed by atoms with Crippen LogP contribution in [0.5, 0.6) is 11.5 Å². The number of thiophene rings is 1. The second-order valence-corrected chi connectivity index (χ2v) is 8.25. The molecule has 1 amide bonds. The van der Waals surface area contributed by atoms with E-state index in [-0.39, 0.29) is 18.0 Å². The molecular formula is C22H30N2O3S. The number of carbonyl (C=O) groups is 1. The lowest BCUT2D eigenvalue weighted by Crippen LogP contribution is -2.47. The van der Waals surface area contributed by atoms with E-state index in [1.807, 2.05) is 30.0 Å². The Morgan fingerprint density at radius 3 is 2.86 bits per heavy atom. The minimum Gasteiger partial charge on any atom is -0.493 e. The molecule has 6 heteroatoms. The Morgan fingerprint density at radius 1 is 1.29 bits per heavy atom. The molecule has 0 aliphatic carbocycles. The summed E-state index contributed by atoms with van der Waals surface area (Å²) >= 11 is 1.79. The zero-order chi connectivity index (χ0) is 20.1. The van der Waals surface area contributed by atoms with Crippen molar-refractivity contribution in [2.24, 2.45) is 0 Å². The van der Waals surface area contributed by atoms with E-state index in [1.165, 1.54) is 10.4 Å². The average Bonchev–Trinajstić information content (AvgIpc) is 3.19. The number of hydrogen-bond donors (Lipinski definition) is 1. The Kier molecular flexibility index (Phi) is 6.97. The molecule has 1 N–H and O–H groups in total. The number of methoxy groups -OCH3 is 1. The van der Waals surface area contributed by atoms with Crippen LogP contribution in [0.25, 0.3) is 0 Å². The lowest BCUT2D eigenvalue weighted by molar-refractivity contribution is -0.134. The largest absolute Gasteiger partial charge is 0.493 e. The molecule has 2 aromatic rings. The van der Waals surface area contributed by atoms with Crippen molar-refractivity contribution < 1.29 is 14.3 Å². The van der Waals surface area contributed by atoms with Gasteiger partial charge in [0.15, 0.2) is 11.5 Å². The van der Waals surface area contributed by atoms with E-state index in [1.54, 1.807) is 18.4 Å². The second-order valence-electron chi connectivity index (χ2n) is 7.25. The number of rotatable bonds is 8. The summed E-state index contributed by atoms with van der Waals surface area (Å²) in [6.45, 7) is 8.26. The summed E-state index contributed by atoms with van der Waals surface area (Å²) in [5.41, 5.74) is 2.36. The highest BCUT2D eigenvalue weighted by Gasteiger charge is 2.26. The maximum Gasteiger partial charge on any atom is 0.239 e.